The van der Waals surface area contributed by atoms with Gasteiger partial charge < -0.3 is 15.5 Å². The van der Waals surface area contributed by atoms with Crippen molar-refractivity contribution < 1.29 is 4.79 Å². The fourth-order valence-electron chi connectivity index (χ4n) is 2.21. The third-order valence-electron chi connectivity index (χ3n) is 3.65. The van der Waals surface area contributed by atoms with Crippen molar-refractivity contribution in [3.05, 3.63) is 0 Å². The van der Waals surface area contributed by atoms with E-state index in [4.69, 9.17) is 0 Å². The van der Waals surface area contributed by atoms with Crippen LogP contribution < -0.4 is 10.6 Å². The summed E-state index contributed by atoms with van der Waals surface area (Å²) in [7, 11) is 2.18. The first-order chi connectivity index (χ1) is 8.06. The summed E-state index contributed by atoms with van der Waals surface area (Å²) in [5, 5.41) is 6.23. The second-order valence-electron chi connectivity index (χ2n) is 5.49. The molecule has 1 fully saturated rings. The van der Waals surface area contributed by atoms with Crippen LogP contribution in [0.15, 0.2) is 0 Å². The number of likely N-dealkylation sites (tertiary alicyclic amines) is 1. The molecule has 0 atom stereocenters. The third kappa shape index (κ3) is 5.50. The standard InChI is InChI=1S/C13H27N3O/c1-4-15-12(17)5-8-14-11-13(2)6-9-16(3)10-7-13/h14H,4-11H2,1-3H3,(H,15,17). The lowest BCUT2D eigenvalue weighted by molar-refractivity contribution is -0.120. The molecule has 100 valence electrons. The van der Waals surface area contributed by atoms with Crippen LogP contribution in [0.25, 0.3) is 0 Å². The Labute approximate surface area is 105 Å². The molecule has 1 rings (SSSR count). The number of amides is 1. The summed E-state index contributed by atoms with van der Waals surface area (Å²) in [4.78, 5) is 13.6. The Bertz CT molecular complexity index is 235. The molecule has 0 saturated carbocycles. The number of hydrogen-bond donors (Lipinski definition) is 2. The number of carbonyl (C=O) groups is 1. The van der Waals surface area contributed by atoms with Crippen molar-refractivity contribution >= 4 is 5.91 Å². The minimum absolute atomic E-state index is 0.147. The predicted octanol–water partition coefficient (Wildman–Crippen LogP) is 0.834. The van der Waals surface area contributed by atoms with Gasteiger partial charge in [-0.25, -0.2) is 0 Å². The largest absolute Gasteiger partial charge is 0.356 e. The first kappa shape index (κ1) is 14.5. The summed E-state index contributed by atoms with van der Waals surface area (Å²) >= 11 is 0. The van der Waals surface area contributed by atoms with Gasteiger partial charge in [0.05, 0.1) is 0 Å². The lowest BCUT2D eigenvalue weighted by atomic mass is 9.80. The molecule has 2 N–H and O–H groups in total. The first-order valence-corrected chi connectivity index (χ1v) is 6.72. The lowest BCUT2D eigenvalue weighted by Crippen LogP contribution is -2.42. The van der Waals surface area contributed by atoms with E-state index in [-0.39, 0.29) is 5.91 Å². The van der Waals surface area contributed by atoms with Gasteiger partial charge in [0.1, 0.15) is 0 Å². The zero-order valence-corrected chi connectivity index (χ0v) is 11.5. The molecule has 0 unspecified atom stereocenters. The Morgan fingerprint density at radius 2 is 2.00 bits per heavy atom. The van der Waals surface area contributed by atoms with E-state index in [2.05, 4.69) is 29.5 Å². The van der Waals surface area contributed by atoms with E-state index in [0.29, 0.717) is 11.8 Å². The number of piperidine rings is 1. The van der Waals surface area contributed by atoms with Gasteiger partial charge in [-0.05, 0) is 45.3 Å². The average molecular weight is 241 g/mol. The second-order valence-corrected chi connectivity index (χ2v) is 5.49. The summed E-state index contributed by atoms with van der Waals surface area (Å²) < 4.78 is 0. The van der Waals surface area contributed by atoms with Gasteiger partial charge in [-0.15, -0.1) is 0 Å². The van der Waals surface area contributed by atoms with E-state index >= 15 is 0 Å². The zero-order valence-electron chi connectivity index (χ0n) is 11.5. The summed E-state index contributed by atoms with van der Waals surface area (Å²) in [6.45, 7) is 9.22. The maximum atomic E-state index is 11.3. The maximum Gasteiger partial charge on any atom is 0.221 e. The smallest absolute Gasteiger partial charge is 0.221 e. The minimum atomic E-state index is 0.147. The molecule has 1 aliphatic heterocycles. The lowest BCUT2D eigenvalue weighted by Gasteiger charge is -2.38. The Morgan fingerprint density at radius 3 is 2.59 bits per heavy atom. The minimum Gasteiger partial charge on any atom is -0.356 e. The zero-order chi connectivity index (χ0) is 12.7. The van der Waals surface area contributed by atoms with Crippen LogP contribution >= 0.6 is 0 Å². The summed E-state index contributed by atoms with van der Waals surface area (Å²) in [6.07, 6.45) is 3.08. The number of hydrogen-bond acceptors (Lipinski definition) is 3. The van der Waals surface area contributed by atoms with Crippen LogP contribution in [0.5, 0.6) is 0 Å². The van der Waals surface area contributed by atoms with Crippen molar-refractivity contribution in [1.82, 2.24) is 15.5 Å². The number of nitrogens with one attached hydrogen (secondary N) is 2. The van der Waals surface area contributed by atoms with Gasteiger partial charge in [0.25, 0.3) is 0 Å². The molecule has 0 aromatic carbocycles. The molecule has 1 saturated heterocycles. The molecule has 4 heteroatoms. The van der Waals surface area contributed by atoms with E-state index in [1.165, 1.54) is 25.9 Å². The second kappa shape index (κ2) is 6.97. The van der Waals surface area contributed by atoms with Gasteiger partial charge in [-0.1, -0.05) is 6.92 Å². The van der Waals surface area contributed by atoms with Gasteiger partial charge in [0.15, 0.2) is 0 Å². The first-order valence-electron chi connectivity index (χ1n) is 6.72. The predicted molar refractivity (Wildman–Crippen MR) is 71.0 cm³/mol. The van der Waals surface area contributed by atoms with Gasteiger partial charge >= 0.3 is 0 Å². The quantitative estimate of drug-likeness (QED) is 0.677. The molecule has 0 spiro atoms. The molecule has 17 heavy (non-hydrogen) atoms. The maximum absolute atomic E-state index is 11.3. The normalized spacial score (nSPS) is 20.2. The molecule has 1 aliphatic rings. The van der Waals surface area contributed by atoms with E-state index < -0.39 is 0 Å². The van der Waals surface area contributed by atoms with Crippen LogP contribution in [0.1, 0.15) is 33.1 Å². The molecule has 0 aromatic heterocycles. The Hall–Kier alpha value is -0.610. The highest BCUT2D eigenvalue weighted by atomic mass is 16.1. The summed E-state index contributed by atoms with van der Waals surface area (Å²) in [5.74, 6) is 0.147. The van der Waals surface area contributed by atoms with Crippen molar-refractivity contribution in [3.8, 4) is 0 Å². The summed E-state index contributed by atoms with van der Waals surface area (Å²) in [5.41, 5.74) is 0.410. The molecule has 4 nitrogen and oxygen atoms in total. The van der Waals surface area contributed by atoms with Gasteiger partial charge in [-0.2, -0.15) is 0 Å². The van der Waals surface area contributed by atoms with Gasteiger partial charge in [-0.3, -0.25) is 4.79 Å². The van der Waals surface area contributed by atoms with Crippen LogP contribution in [0, 0.1) is 5.41 Å². The molecule has 0 bridgehead atoms. The van der Waals surface area contributed by atoms with E-state index in [9.17, 15) is 4.79 Å². The highest BCUT2D eigenvalue weighted by Gasteiger charge is 2.28. The molecular formula is C13H27N3O. The number of carbonyl (C=O) groups excluding carboxylic acids is 1. The SMILES string of the molecule is CCNC(=O)CCNCC1(C)CCN(C)CC1. The summed E-state index contributed by atoms with van der Waals surface area (Å²) in [6, 6.07) is 0. The van der Waals surface area contributed by atoms with Crippen LogP contribution in [0.4, 0.5) is 0 Å². The van der Waals surface area contributed by atoms with Crippen LogP contribution in [0.3, 0.4) is 0 Å². The van der Waals surface area contributed by atoms with Crippen LogP contribution in [-0.2, 0) is 4.79 Å². The van der Waals surface area contributed by atoms with Crippen LogP contribution in [-0.4, -0.2) is 50.6 Å². The number of rotatable bonds is 6. The van der Waals surface area contributed by atoms with Crippen molar-refractivity contribution in [2.45, 2.75) is 33.1 Å². The fraction of sp³-hybridized carbons (Fsp3) is 0.923. The molecule has 0 radical (unpaired) electrons. The molecule has 1 amide bonds. The average Bonchev–Trinajstić information content (AvgIpc) is 2.30. The van der Waals surface area contributed by atoms with Crippen LogP contribution in [0.2, 0.25) is 0 Å². The fourth-order valence-corrected chi connectivity index (χ4v) is 2.21. The van der Waals surface area contributed by atoms with E-state index in [0.717, 1.165) is 19.6 Å². The van der Waals surface area contributed by atoms with Crippen molar-refractivity contribution in [1.29, 1.82) is 0 Å². The molecule has 0 aliphatic carbocycles. The topological polar surface area (TPSA) is 44.4 Å². The van der Waals surface area contributed by atoms with Crippen molar-refractivity contribution in [2.75, 3.05) is 39.8 Å². The third-order valence-corrected chi connectivity index (χ3v) is 3.65. The van der Waals surface area contributed by atoms with Gasteiger partial charge in [0, 0.05) is 26.1 Å². The monoisotopic (exact) mass is 241 g/mol. The van der Waals surface area contributed by atoms with E-state index in [1.807, 2.05) is 6.92 Å². The number of nitrogens with zero attached hydrogens (tertiary/aromatic N) is 1. The molecule has 1 heterocycles. The Morgan fingerprint density at radius 1 is 1.35 bits per heavy atom. The Balaban J connectivity index is 2.11. The highest BCUT2D eigenvalue weighted by Crippen LogP contribution is 2.29. The van der Waals surface area contributed by atoms with Crippen molar-refractivity contribution in [2.24, 2.45) is 5.41 Å². The van der Waals surface area contributed by atoms with E-state index in [1.54, 1.807) is 0 Å². The molecular weight excluding hydrogens is 214 g/mol. The van der Waals surface area contributed by atoms with Crippen molar-refractivity contribution in [3.63, 3.8) is 0 Å². The highest BCUT2D eigenvalue weighted by molar-refractivity contribution is 5.75. The Kier molecular flexibility index (Phi) is 5.92. The van der Waals surface area contributed by atoms with Gasteiger partial charge in [0.2, 0.25) is 5.91 Å². The molecule has 0 aromatic rings.